The first kappa shape index (κ1) is 13.0. The summed E-state index contributed by atoms with van der Waals surface area (Å²) in [6.45, 7) is 8.47. The van der Waals surface area contributed by atoms with Gasteiger partial charge >= 0.3 is 0 Å². The number of carbonyl (C=O) groups excluding carboxylic acids is 1. The quantitative estimate of drug-likeness (QED) is 0.707. The molecule has 0 aromatic rings. The molecule has 0 aromatic heterocycles. The summed E-state index contributed by atoms with van der Waals surface area (Å²) in [4.78, 5) is 13.8. The van der Waals surface area contributed by atoms with Gasteiger partial charge in [0.1, 0.15) is 0 Å². The highest BCUT2D eigenvalue weighted by Crippen LogP contribution is 2.32. The molecule has 0 aliphatic carbocycles. The van der Waals surface area contributed by atoms with Gasteiger partial charge in [0.25, 0.3) is 0 Å². The summed E-state index contributed by atoms with van der Waals surface area (Å²) in [5, 5.41) is 0.991. The smallest absolute Gasteiger partial charge is 0.222 e. The zero-order chi connectivity index (χ0) is 11.5. The number of amides is 1. The van der Waals surface area contributed by atoms with E-state index in [-0.39, 0.29) is 5.41 Å². The molecule has 1 fully saturated rings. The topological polar surface area (TPSA) is 20.3 Å². The second kappa shape index (κ2) is 5.33. The van der Waals surface area contributed by atoms with Crippen LogP contribution in [0.4, 0.5) is 0 Å². The third-order valence-corrected chi connectivity index (χ3v) is 4.91. The van der Waals surface area contributed by atoms with Crippen LogP contribution in [0.1, 0.15) is 40.0 Å². The molecule has 1 saturated heterocycles. The van der Waals surface area contributed by atoms with Crippen molar-refractivity contribution in [1.82, 2.24) is 4.90 Å². The molecule has 0 spiro atoms. The first-order valence-corrected chi connectivity index (χ1v) is 7.02. The maximum absolute atomic E-state index is 11.7. The zero-order valence-corrected chi connectivity index (χ0v) is 11.6. The summed E-state index contributed by atoms with van der Waals surface area (Å²) >= 11 is 3.60. The molecule has 1 unspecified atom stereocenters. The first-order chi connectivity index (χ1) is 7.06. The van der Waals surface area contributed by atoms with E-state index in [1.807, 2.05) is 0 Å². The first-order valence-electron chi connectivity index (χ1n) is 5.90. The van der Waals surface area contributed by atoms with Crippen LogP contribution in [0.2, 0.25) is 0 Å². The summed E-state index contributed by atoms with van der Waals surface area (Å²) in [5.41, 5.74) is 0.278. The Kier molecular flexibility index (Phi) is 4.63. The van der Waals surface area contributed by atoms with Crippen molar-refractivity contribution in [1.29, 1.82) is 0 Å². The molecule has 3 heteroatoms. The van der Waals surface area contributed by atoms with Crippen molar-refractivity contribution < 1.29 is 4.79 Å². The standard InChI is InChI=1S/C12H22BrNO/c1-4-12(5-2,8-13)9-14-7-10(3)6-11(14)15/h10H,4-9H2,1-3H3. The molecule has 2 nitrogen and oxygen atoms in total. The third-order valence-electron chi connectivity index (χ3n) is 3.72. The maximum Gasteiger partial charge on any atom is 0.222 e. The number of likely N-dealkylation sites (tertiary alicyclic amines) is 1. The number of nitrogens with zero attached hydrogens (tertiary/aromatic N) is 1. The number of rotatable bonds is 5. The lowest BCUT2D eigenvalue weighted by atomic mass is 9.84. The number of alkyl halides is 1. The van der Waals surface area contributed by atoms with E-state index >= 15 is 0 Å². The molecule has 1 rings (SSSR count). The van der Waals surface area contributed by atoms with Crippen LogP contribution in [0.25, 0.3) is 0 Å². The third kappa shape index (κ3) is 2.96. The van der Waals surface area contributed by atoms with Crippen molar-refractivity contribution in [3.63, 3.8) is 0 Å². The molecule has 88 valence electrons. The average Bonchev–Trinajstić information content (AvgIpc) is 2.54. The molecular weight excluding hydrogens is 254 g/mol. The molecule has 1 amide bonds. The number of hydrogen-bond acceptors (Lipinski definition) is 1. The van der Waals surface area contributed by atoms with Crippen LogP contribution in [0.15, 0.2) is 0 Å². The Morgan fingerprint density at radius 1 is 1.47 bits per heavy atom. The van der Waals surface area contributed by atoms with Gasteiger partial charge in [-0.05, 0) is 24.2 Å². The summed E-state index contributed by atoms with van der Waals surface area (Å²) < 4.78 is 0. The molecule has 0 aromatic carbocycles. The maximum atomic E-state index is 11.7. The second-order valence-electron chi connectivity index (χ2n) is 4.92. The van der Waals surface area contributed by atoms with Gasteiger partial charge < -0.3 is 4.90 Å². The normalized spacial score (nSPS) is 22.5. The molecule has 1 heterocycles. The summed E-state index contributed by atoms with van der Waals surface area (Å²) in [6.07, 6.45) is 3.01. The summed E-state index contributed by atoms with van der Waals surface area (Å²) in [7, 11) is 0. The minimum Gasteiger partial charge on any atom is -0.342 e. The number of carbonyl (C=O) groups is 1. The largest absolute Gasteiger partial charge is 0.342 e. The van der Waals surface area contributed by atoms with Crippen LogP contribution >= 0.6 is 15.9 Å². The van der Waals surface area contributed by atoms with Crippen molar-refractivity contribution in [2.24, 2.45) is 11.3 Å². The lowest BCUT2D eigenvalue weighted by Crippen LogP contribution is -2.39. The van der Waals surface area contributed by atoms with E-state index in [0.29, 0.717) is 11.8 Å². The monoisotopic (exact) mass is 275 g/mol. The highest BCUT2D eigenvalue weighted by atomic mass is 79.9. The summed E-state index contributed by atoms with van der Waals surface area (Å²) in [5.74, 6) is 0.883. The van der Waals surface area contributed by atoms with Crippen LogP contribution in [0.3, 0.4) is 0 Å². The van der Waals surface area contributed by atoms with Crippen LogP contribution in [0, 0.1) is 11.3 Å². The van der Waals surface area contributed by atoms with E-state index in [2.05, 4.69) is 41.6 Å². The van der Waals surface area contributed by atoms with E-state index < -0.39 is 0 Å². The lowest BCUT2D eigenvalue weighted by Gasteiger charge is -2.34. The highest BCUT2D eigenvalue weighted by molar-refractivity contribution is 9.09. The second-order valence-corrected chi connectivity index (χ2v) is 5.49. The molecule has 0 saturated carbocycles. The molecule has 0 bridgehead atoms. The van der Waals surface area contributed by atoms with Crippen molar-refractivity contribution >= 4 is 21.8 Å². The van der Waals surface area contributed by atoms with Gasteiger partial charge in [0.2, 0.25) is 5.91 Å². The predicted molar refractivity (Wildman–Crippen MR) is 67.2 cm³/mol. The minimum absolute atomic E-state index is 0.278. The van der Waals surface area contributed by atoms with Gasteiger partial charge in [0.15, 0.2) is 0 Å². The molecule has 1 aliphatic rings. The van der Waals surface area contributed by atoms with Crippen LogP contribution < -0.4 is 0 Å². The van der Waals surface area contributed by atoms with E-state index in [9.17, 15) is 4.79 Å². The average molecular weight is 276 g/mol. The Morgan fingerprint density at radius 2 is 2.07 bits per heavy atom. The molecule has 1 atom stereocenters. The van der Waals surface area contributed by atoms with Crippen molar-refractivity contribution in [3.8, 4) is 0 Å². The predicted octanol–water partition coefficient (Wildman–Crippen LogP) is 3.06. The summed E-state index contributed by atoms with van der Waals surface area (Å²) in [6, 6.07) is 0. The Hall–Kier alpha value is -0.0500. The van der Waals surface area contributed by atoms with Gasteiger partial charge in [-0.15, -0.1) is 0 Å². The van der Waals surface area contributed by atoms with Crippen molar-refractivity contribution in [2.75, 3.05) is 18.4 Å². The highest BCUT2D eigenvalue weighted by Gasteiger charge is 2.34. The van der Waals surface area contributed by atoms with E-state index in [4.69, 9.17) is 0 Å². The molecular formula is C12H22BrNO. The molecule has 15 heavy (non-hydrogen) atoms. The SMILES string of the molecule is CCC(CC)(CBr)CN1CC(C)CC1=O. The van der Waals surface area contributed by atoms with Gasteiger partial charge in [-0.3, -0.25) is 4.79 Å². The van der Waals surface area contributed by atoms with Crippen LogP contribution in [-0.4, -0.2) is 29.2 Å². The molecule has 1 aliphatic heterocycles. The van der Waals surface area contributed by atoms with Gasteiger partial charge in [0, 0.05) is 24.8 Å². The van der Waals surface area contributed by atoms with Crippen LogP contribution in [0.5, 0.6) is 0 Å². The van der Waals surface area contributed by atoms with E-state index in [1.165, 1.54) is 0 Å². The fourth-order valence-corrected chi connectivity index (χ4v) is 3.20. The van der Waals surface area contributed by atoms with Crippen molar-refractivity contribution in [3.05, 3.63) is 0 Å². The van der Waals surface area contributed by atoms with Crippen LogP contribution in [-0.2, 0) is 4.79 Å². The van der Waals surface area contributed by atoms with E-state index in [0.717, 1.165) is 37.7 Å². The Bertz CT molecular complexity index is 217. The van der Waals surface area contributed by atoms with Gasteiger partial charge in [-0.2, -0.15) is 0 Å². The Morgan fingerprint density at radius 3 is 2.40 bits per heavy atom. The Balaban J connectivity index is 2.62. The minimum atomic E-state index is 0.278. The van der Waals surface area contributed by atoms with Gasteiger partial charge in [0.05, 0.1) is 0 Å². The van der Waals surface area contributed by atoms with Gasteiger partial charge in [-0.1, -0.05) is 36.7 Å². The molecule has 0 N–H and O–H groups in total. The molecule has 0 radical (unpaired) electrons. The fraction of sp³-hybridized carbons (Fsp3) is 0.917. The Labute approximate surface area is 102 Å². The van der Waals surface area contributed by atoms with E-state index in [1.54, 1.807) is 0 Å². The number of halogens is 1. The number of hydrogen-bond donors (Lipinski definition) is 0. The lowest BCUT2D eigenvalue weighted by molar-refractivity contribution is -0.129. The fourth-order valence-electron chi connectivity index (χ4n) is 2.23. The zero-order valence-electron chi connectivity index (χ0n) is 10.1. The van der Waals surface area contributed by atoms with Gasteiger partial charge in [-0.25, -0.2) is 0 Å². The van der Waals surface area contributed by atoms with Crippen molar-refractivity contribution in [2.45, 2.75) is 40.0 Å².